The molecule has 1 aromatic rings. The molecule has 3 aliphatic rings. The number of benzene rings is 1. The highest BCUT2D eigenvalue weighted by Gasteiger charge is 2.43. The monoisotopic (exact) mass is 457 g/mol. The van der Waals surface area contributed by atoms with E-state index in [-0.39, 0.29) is 18.4 Å². The van der Waals surface area contributed by atoms with E-state index in [1.807, 2.05) is 29.4 Å². The highest BCUT2D eigenvalue weighted by molar-refractivity contribution is 8.16. The summed E-state index contributed by atoms with van der Waals surface area (Å²) in [7, 11) is 4.50. The van der Waals surface area contributed by atoms with E-state index in [1.165, 1.54) is 18.9 Å². The minimum Gasteiger partial charge on any atom is -0.493 e. The number of esters is 1. The Bertz CT molecular complexity index is 1030. The molecule has 1 saturated carbocycles. The molecule has 170 valence electrons. The van der Waals surface area contributed by atoms with Crippen LogP contribution in [0.2, 0.25) is 0 Å². The first-order valence-electron chi connectivity index (χ1n) is 10.6. The van der Waals surface area contributed by atoms with E-state index in [2.05, 4.69) is 5.32 Å². The number of carbonyl (C=O) groups is 2. The lowest BCUT2D eigenvalue weighted by Crippen LogP contribution is -2.38. The molecule has 0 aromatic heterocycles. The lowest BCUT2D eigenvalue weighted by atomic mass is 9.92. The fourth-order valence-electron chi connectivity index (χ4n) is 4.00. The fraction of sp³-hybridized carbons (Fsp3) is 0.435. The minimum absolute atomic E-state index is 0.0400. The summed E-state index contributed by atoms with van der Waals surface area (Å²) in [6.07, 6.45) is 2.80. The number of nitrogens with zero attached hydrogens (tertiary/aromatic N) is 2. The smallest absolute Gasteiger partial charge is 0.338 e. The molecular formula is C23H27N3O5S. The Hall–Kier alpha value is -2.94. The molecule has 0 bridgehead atoms. The maximum atomic E-state index is 13.0. The first kappa shape index (κ1) is 22.3. The van der Waals surface area contributed by atoms with Crippen LogP contribution in [0.4, 0.5) is 0 Å². The SMILES string of the molecule is CCC1=C(C(=O)OC)C(c2cccc(OC)c2OC)N2C(CC(=O)NC3CC3)=CSC2=N1. The van der Waals surface area contributed by atoms with Gasteiger partial charge in [0.25, 0.3) is 0 Å². The molecule has 1 N–H and O–H groups in total. The van der Waals surface area contributed by atoms with Crippen molar-refractivity contribution >= 4 is 28.8 Å². The molecule has 1 aliphatic carbocycles. The van der Waals surface area contributed by atoms with Gasteiger partial charge in [0.15, 0.2) is 16.7 Å². The summed E-state index contributed by atoms with van der Waals surface area (Å²) >= 11 is 1.45. The third-order valence-corrected chi connectivity index (χ3v) is 6.53. The first-order chi connectivity index (χ1) is 15.5. The predicted molar refractivity (Wildman–Crippen MR) is 122 cm³/mol. The van der Waals surface area contributed by atoms with Gasteiger partial charge in [0, 0.05) is 17.3 Å². The number of nitrogens with one attached hydrogen (secondary N) is 1. The second kappa shape index (κ2) is 9.28. The van der Waals surface area contributed by atoms with Crippen LogP contribution in [0.5, 0.6) is 11.5 Å². The zero-order valence-electron chi connectivity index (χ0n) is 18.6. The average Bonchev–Trinajstić information content (AvgIpc) is 3.54. The standard InChI is InChI=1S/C23H27N3O5S/c1-5-16-19(22(28)31-4)20(15-7-6-8-17(29-2)21(15)30-3)26-14(12-32-23(26)25-16)11-18(27)24-13-9-10-13/h6-8,12-13,20H,5,9-11H2,1-4H3,(H,24,27). The summed E-state index contributed by atoms with van der Waals surface area (Å²) < 4.78 is 16.4. The van der Waals surface area contributed by atoms with E-state index >= 15 is 0 Å². The maximum absolute atomic E-state index is 13.0. The van der Waals surface area contributed by atoms with Crippen LogP contribution in [0.1, 0.15) is 44.2 Å². The Morgan fingerprint density at radius 3 is 2.62 bits per heavy atom. The number of amides is 1. The zero-order valence-corrected chi connectivity index (χ0v) is 19.5. The summed E-state index contributed by atoms with van der Waals surface area (Å²) in [6.45, 7) is 1.95. The van der Waals surface area contributed by atoms with Crippen molar-refractivity contribution in [2.45, 2.75) is 44.7 Å². The van der Waals surface area contributed by atoms with Gasteiger partial charge < -0.3 is 24.4 Å². The van der Waals surface area contributed by atoms with Gasteiger partial charge in [-0.2, -0.15) is 0 Å². The van der Waals surface area contributed by atoms with Crippen LogP contribution < -0.4 is 14.8 Å². The minimum atomic E-state index is -0.565. The van der Waals surface area contributed by atoms with Crippen molar-refractivity contribution in [3.8, 4) is 11.5 Å². The quantitative estimate of drug-likeness (QED) is 0.598. The summed E-state index contributed by atoms with van der Waals surface area (Å²) in [6, 6.07) is 5.27. The molecule has 0 saturated heterocycles. The zero-order chi connectivity index (χ0) is 22.8. The summed E-state index contributed by atoms with van der Waals surface area (Å²) in [4.78, 5) is 32.3. The summed E-state index contributed by atoms with van der Waals surface area (Å²) in [5, 5.41) is 5.68. The van der Waals surface area contributed by atoms with Crippen molar-refractivity contribution in [2.24, 2.45) is 4.99 Å². The van der Waals surface area contributed by atoms with E-state index < -0.39 is 12.0 Å². The number of rotatable bonds is 8. The highest BCUT2D eigenvalue weighted by atomic mass is 32.2. The van der Waals surface area contributed by atoms with Gasteiger partial charge in [0.1, 0.15) is 0 Å². The highest BCUT2D eigenvalue weighted by Crippen LogP contribution is 2.49. The van der Waals surface area contributed by atoms with Crippen LogP contribution in [0.3, 0.4) is 0 Å². The Kier molecular flexibility index (Phi) is 6.45. The van der Waals surface area contributed by atoms with Gasteiger partial charge in [-0.15, -0.1) is 0 Å². The largest absolute Gasteiger partial charge is 0.493 e. The summed E-state index contributed by atoms with van der Waals surface area (Å²) in [5.74, 6) is 0.581. The number of hydrogen-bond acceptors (Lipinski definition) is 8. The van der Waals surface area contributed by atoms with Crippen molar-refractivity contribution in [3.05, 3.63) is 46.1 Å². The normalized spacial score (nSPS) is 19.8. The van der Waals surface area contributed by atoms with Gasteiger partial charge in [-0.05, 0) is 30.7 Å². The number of thioether (sulfide) groups is 1. The van der Waals surface area contributed by atoms with Gasteiger partial charge in [0.2, 0.25) is 5.91 Å². The van der Waals surface area contributed by atoms with Crippen molar-refractivity contribution < 1.29 is 23.8 Å². The second-order valence-electron chi connectivity index (χ2n) is 7.70. The molecule has 2 heterocycles. The van der Waals surface area contributed by atoms with Crippen molar-refractivity contribution in [2.75, 3.05) is 21.3 Å². The molecule has 1 amide bonds. The Morgan fingerprint density at radius 1 is 1.22 bits per heavy atom. The number of para-hydroxylation sites is 1. The van der Waals surface area contributed by atoms with E-state index in [0.29, 0.717) is 29.2 Å². The molecule has 1 unspecified atom stereocenters. The van der Waals surface area contributed by atoms with Crippen molar-refractivity contribution in [1.82, 2.24) is 10.2 Å². The van der Waals surface area contributed by atoms with E-state index in [9.17, 15) is 9.59 Å². The van der Waals surface area contributed by atoms with E-state index in [0.717, 1.165) is 29.3 Å². The van der Waals surface area contributed by atoms with Gasteiger partial charge in [0.05, 0.1) is 45.1 Å². The number of amidine groups is 1. The molecule has 2 aliphatic heterocycles. The molecule has 4 rings (SSSR count). The molecule has 1 fully saturated rings. The Morgan fingerprint density at radius 2 is 2.00 bits per heavy atom. The van der Waals surface area contributed by atoms with Crippen LogP contribution in [0, 0.1) is 0 Å². The van der Waals surface area contributed by atoms with Crippen LogP contribution in [-0.4, -0.2) is 49.3 Å². The lowest BCUT2D eigenvalue weighted by molar-refractivity contribution is -0.136. The summed E-state index contributed by atoms with van der Waals surface area (Å²) in [5.41, 5.74) is 2.60. The molecule has 1 aromatic carbocycles. The molecular weight excluding hydrogens is 430 g/mol. The number of carbonyl (C=O) groups excluding carboxylic acids is 2. The van der Waals surface area contributed by atoms with Gasteiger partial charge >= 0.3 is 5.97 Å². The average molecular weight is 458 g/mol. The Balaban J connectivity index is 1.82. The van der Waals surface area contributed by atoms with Crippen molar-refractivity contribution in [1.29, 1.82) is 0 Å². The number of fused-ring (bicyclic) bond motifs is 1. The number of aliphatic imine (C=N–C) groups is 1. The topological polar surface area (TPSA) is 89.5 Å². The van der Waals surface area contributed by atoms with Crippen LogP contribution in [0.15, 0.2) is 45.6 Å². The molecule has 9 heteroatoms. The molecule has 32 heavy (non-hydrogen) atoms. The first-order valence-corrected chi connectivity index (χ1v) is 11.5. The van der Waals surface area contributed by atoms with E-state index in [1.54, 1.807) is 20.3 Å². The second-order valence-corrected chi connectivity index (χ2v) is 8.54. The lowest BCUT2D eigenvalue weighted by Gasteiger charge is -2.37. The van der Waals surface area contributed by atoms with Gasteiger partial charge in [-0.1, -0.05) is 30.8 Å². The number of methoxy groups -OCH3 is 3. The number of ether oxygens (including phenoxy) is 3. The third kappa shape index (κ3) is 4.09. The van der Waals surface area contributed by atoms with Crippen LogP contribution in [-0.2, 0) is 14.3 Å². The van der Waals surface area contributed by atoms with Crippen LogP contribution >= 0.6 is 11.8 Å². The Labute approximate surface area is 191 Å². The van der Waals surface area contributed by atoms with Gasteiger partial charge in [-0.3, -0.25) is 4.79 Å². The number of allylic oxidation sites excluding steroid dienone is 1. The molecule has 8 nitrogen and oxygen atoms in total. The third-order valence-electron chi connectivity index (χ3n) is 5.64. The maximum Gasteiger partial charge on any atom is 0.338 e. The van der Waals surface area contributed by atoms with Crippen molar-refractivity contribution in [3.63, 3.8) is 0 Å². The van der Waals surface area contributed by atoms with Gasteiger partial charge in [-0.25, -0.2) is 9.79 Å². The fourth-order valence-corrected chi connectivity index (χ4v) is 4.94. The predicted octanol–water partition coefficient (Wildman–Crippen LogP) is 3.51. The van der Waals surface area contributed by atoms with E-state index in [4.69, 9.17) is 19.2 Å². The molecule has 0 spiro atoms. The number of hydrogen-bond donors (Lipinski definition) is 1. The molecule has 1 atom stereocenters. The van der Waals surface area contributed by atoms with Crippen LogP contribution in [0.25, 0.3) is 0 Å². The molecule has 0 radical (unpaired) electrons.